The zero-order chi connectivity index (χ0) is 16.1. The highest BCUT2D eigenvalue weighted by molar-refractivity contribution is 14.1. The molecule has 3 nitrogen and oxygen atoms in total. The summed E-state index contributed by atoms with van der Waals surface area (Å²) in [6.45, 7) is 5.43. The minimum absolute atomic E-state index is 0.620. The molecular formula is C17H19BrINO2. The van der Waals surface area contributed by atoms with Crippen molar-refractivity contribution in [2.45, 2.75) is 20.4 Å². The third-order valence-corrected chi connectivity index (χ3v) is 4.54. The maximum atomic E-state index is 5.68. The SMILES string of the molecule is CCOc1cc(CNc2ccc(Br)cc2C)cc(I)c1OC. The lowest BCUT2D eigenvalue weighted by atomic mass is 10.1. The standard InChI is InChI=1S/C17H19BrINO2/c1-4-22-16-9-12(8-14(19)17(16)21-3)10-20-15-6-5-13(18)7-11(15)2/h5-9,20H,4,10H2,1-3H3. The van der Waals surface area contributed by atoms with Gasteiger partial charge in [-0.3, -0.25) is 0 Å². The molecule has 22 heavy (non-hydrogen) atoms. The van der Waals surface area contributed by atoms with Gasteiger partial charge in [0.25, 0.3) is 0 Å². The van der Waals surface area contributed by atoms with Crippen molar-refractivity contribution in [1.82, 2.24) is 0 Å². The summed E-state index contributed by atoms with van der Waals surface area (Å²) in [6.07, 6.45) is 0. The number of halogens is 2. The van der Waals surface area contributed by atoms with Crippen LogP contribution in [0.3, 0.4) is 0 Å². The first-order valence-corrected chi connectivity index (χ1v) is 8.91. The van der Waals surface area contributed by atoms with E-state index in [-0.39, 0.29) is 0 Å². The highest BCUT2D eigenvalue weighted by Gasteiger charge is 2.11. The van der Waals surface area contributed by atoms with E-state index in [9.17, 15) is 0 Å². The Morgan fingerprint density at radius 2 is 2.00 bits per heavy atom. The van der Waals surface area contributed by atoms with Gasteiger partial charge < -0.3 is 14.8 Å². The minimum Gasteiger partial charge on any atom is -0.492 e. The second kappa shape index (κ2) is 8.06. The Morgan fingerprint density at radius 3 is 2.64 bits per heavy atom. The van der Waals surface area contributed by atoms with E-state index in [2.05, 4.69) is 69.0 Å². The molecule has 0 bridgehead atoms. The number of rotatable bonds is 6. The summed E-state index contributed by atoms with van der Waals surface area (Å²) in [6, 6.07) is 10.4. The zero-order valence-electron chi connectivity index (χ0n) is 12.9. The molecule has 2 aromatic carbocycles. The van der Waals surface area contributed by atoms with Gasteiger partial charge in [-0.05, 0) is 77.9 Å². The molecule has 0 saturated carbocycles. The van der Waals surface area contributed by atoms with E-state index in [0.29, 0.717) is 6.61 Å². The van der Waals surface area contributed by atoms with Gasteiger partial charge in [-0.2, -0.15) is 0 Å². The number of hydrogen-bond acceptors (Lipinski definition) is 3. The Hall–Kier alpha value is -0.950. The van der Waals surface area contributed by atoms with Gasteiger partial charge in [0.05, 0.1) is 17.3 Å². The fraction of sp³-hybridized carbons (Fsp3) is 0.294. The van der Waals surface area contributed by atoms with Crippen molar-refractivity contribution in [2.75, 3.05) is 19.0 Å². The van der Waals surface area contributed by atoms with Crippen molar-refractivity contribution in [3.05, 3.63) is 49.5 Å². The van der Waals surface area contributed by atoms with Crippen molar-refractivity contribution in [3.8, 4) is 11.5 Å². The minimum atomic E-state index is 0.620. The van der Waals surface area contributed by atoms with Crippen LogP contribution in [-0.2, 0) is 6.54 Å². The Morgan fingerprint density at radius 1 is 1.23 bits per heavy atom. The summed E-state index contributed by atoms with van der Waals surface area (Å²) >= 11 is 5.76. The fourth-order valence-corrected chi connectivity index (χ4v) is 3.57. The maximum Gasteiger partial charge on any atom is 0.174 e. The van der Waals surface area contributed by atoms with Crippen molar-refractivity contribution in [1.29, 1.82) is 0 Å². The van der Waals surface area contributed by atoms with E-state index in [1.807, 2.05) is 19.1 Å². The van der Waals surface area contributed by atoms with Crippen LogP contribution in [0.15, 0.2) is 34.8 Å². The van der Waals surface area contributed by atoms with Crippen molar-refractivity contribution in [3.63, 3.8) is 0 Å². The Labute approximate surface area is 153 Å². The van der Waals surface area contributed by atoms with Gasteiger partial charge in [0, 0.05) is 16.7 Å². The molecule has 0 aliphatic heterocycles. The number of anilines is 1. The molecule has 0 radical (unpaired) electrons. The van der Waals surface area contributed by atoms with Crippen molar-refractivity contribution >= 4 is 44.2 Å². The van der Waals surface area contributed by atoms with Gasteiger partial charge in [0.1, 0.15) is 0 Å². The number of benzene rings is 2. The van der Waals surface area contributed by atoms with Crippen molar-refractivity contribution < 1.29 is 9.47 Å². The molecule has 0 amide bonds. The third-order valence-electron chi connectivity index (χ3n) is 3.24. The molecule has 2 rings (SSSR count). The van der Waals surface area contributed by atoms with Crippen LogP contribution in [0.25, 0.3) is 0 Å². The second-order valence-electron chi connectivity index (χ2n) is 4.85. The number of nitrogens with one attached hydrogen (secondary N) is 1. The molecule has 0 fully saturated rings. The molecule has 5 heteroatoms. The van der Waals surface area contributed by atoms with E-state index < -0.39 is 0 Å². The molecule has 0 heterocycles. The largest absolute Gasteiger partial charge is 0.492 e. The van der Waals surface area contributed by atoms with E-state index in [4.69, 9.17) is 9.47 Å². The highest BCUT2D eigenvalue weighted by Crippen LogP contribution is 2.34. The summed E-state index contributed by atoms with van der Waals surface area (Å²) in [7, 11) is 1.67. The van der Waals surface area contributed by atoms with Crippen LogP contribution in [0, 0.1) is 10.5 Å². The van der Waals surface area contributed by atoms with Gasteiger partial charge in [0.15, 0.2) is 11.5 Å². The average molecular weight is 476 g/mol. The Balaban J connectivity index is 2.19. The smallest absolute Gasteiger partial charge is 0.174 e. The molecule has 118 valence electrons. The van der Waals surface area contributed by atoms with Crippen LogP contribution in [0.5, 0.6) is 11.5 Å². The highest BCUT2D eigenvalue weighted by atomic mass is 127. The van der Waals surface area contributed by atoms with Crippen LogP contribution in [-0.4, -0.2) is 13.7 Å². The molecule has 0 atom stereocenters. The number of methoxy groups -OCH3 is 1. The fourth-order valence-electron chi connectivity index (χ4n) is 2.21. The average Bonchev–Trinajstić information content (AvgIpc) is 2.46. The predicted molar refractivity (Wildman–Crippen MR) is 103 cm³/mol. The third kappa shape index (κ3) is 4.29. The maximum absolute atomic E-state index is 5.68. The molecule has 0 aliphatic rings. The first kappa shape index (κ1) is 17.4. The Kier molecular flexibility index (Phi) is 6.37. The summed E-state index contributed by atoms with van der Waals surface area (Å²) < 4.78 is 13.2. The summed E-state index contributed by atoms with van der Waals surface area (Å²) in [5.74, 6) is 1.59. The van der Waals surface area contributed by atoms with Crippen LogP contribution < -0.4 is 14.8 Å². The summed E-state index contributed by atoms with van der Waals surface area (Å²) in [4.78, 5) is 0. The van der Waals surface area contributed by atoms with Crippen LogP contribution in [0.4, 0.5) is 5.69 Å². The van der Waals surface area contributed by atoms with E-state index in [0.717, 1.165) is 37.3 Å². The van der Waals surface area contributed by atoms with Gasteiger partial charge in [0.2, 0.25) is 0 Å². The first-order chi connectivity index (χ1) is 10.5. The first-order valence-electron chi connectivity index (χ1n) is 7.04. The topological polar surface area (TPSA) is 30.5 Å². The van der Waals surface area contributed by atoms with E-state index >= 15 is 0 Å². The lowest BCUT2D eigenvalue weighted by Crippen LogP contribution is -2.04. The second-order valence-corrected chi connectivity index (χ2v) is 6.93. The quantitative estimate of drug-likeness (QED) is 0.569. The molecular weight excluding hydrogens is 457 g/mol. The predicted octanol–water partition coefficient (Wildman–Crippen LogP) is 5.38. The van der Waals surface area contributed by atoms with Gasteiger partial charge in [-0.15, -0.1) is 0 Å². The number of aryl methyl sites for hydroxylation is 1. The molecule has 0 aliphatic carbocycles. The van der Waals surface area contributed by atoms with Crippen LogP contribution in [0.2, 0.25) is 0 Å². The van der Waals surface area contributed by atoms with Crippen molar-refractivity contribution in [2.24, 2.45) is 0 Å². The van der Waals surface area contributed by atoms with E-state index in [1.54, 1.807) is 7.11 Å². The number of hydrogen-bond donors (Lipinski definition) is 1. The normalized spacial score (nSPS) is 10.4. The molecule has 2 aromatic rings. The zero-order valence-corrected chi connectivity index (χ0v) is 16.6. The molecule has 0 saturated heterocycles. The summed E-state index contributed by atoms with van der Waals surface area (Å²) in [5.41, 5.74) is 3.51. The van der Waals surface area contributed by atoms with Gasteiger partial charge >= 0.3 is 0 Å². The van der Waals surface area contributed by atoms with Crippen LogP contribution in [0.1, 0.15) is 18.1 Å². The molecule has 1 N–H and O–H groups in total. The van der Waals surface area contributed by atoms with E-state index in [1.165, 1.54) is 5.56 Å². The van der Waals surface area contributed by atoms with Gasteiger partial charge in [-0.25, -0.2) is 0 Å². The molecule has 0 spiro atoms. The lowest BCUT2D eigenvalue weighted by molar-refractivity contribution is 0.309. The molecule has 0 unspecified atom stereocenters. The monoisotopic (exact) mass is 475 g/mol. The molecule has 0 aromatic heterocycles. The lowest BCUT2D eigenvalue weighted by Gasteiger charge is -2.15. The Bertz CT molecular complexity index is 661. The van der Waals surface area contributed by atoms with Gasteiger partial charge in [-0.1, -0.05) is 15.9 Å². The van der Waals surface area contributed by atoms with Crippen LogP contribution >= 0.6 is 38.5 Å². The summed E-state index contributed by atoms with van der Waals surface area (Å²) in [5, 5.41) is 3.47. The number of ether oxygens (including phenoxy) is 2.